The minimum Gasteiger partial charge on any atom is -0.344 e. The van der Waals surface area contributed by atoms with Gasteiger partial charge in [-0.15, -0.1) is 0 Å². The van der Waals surface area contributed by atoms with Crippen LogP contribution in [-0.4, -0.2) is 34.9 Å². The van der Waals surface area contributed by atoms with Crippen LogP contribution in [0, 0.1) is 6.92 Å². The van der Waals surface area contributed by atoms with Gasteiger partial charge in [-0.3, -0.25) is 4.79 Å². The van der Waals surface area contributed by atoms with Gasteiger partial charge in [0.25, 0.3) is 0 Å². The van der Waals surface area contributed by atoms with E-state index in [0.717, 1.165) is 31.4 Å². The Morgan fingerprint density at radius 2 is 1.95 bits per heavy atom. The van der Waals surface area contributed by atoms with Crippen molar-refractivity contribution < 1.29 is 4.79 Å². The molecule has 0 saturated carbocycles. The third-order valence-electron chi connectivity index (χ3n) is 4.61. The molecule has 0 spiro atoms. The first kappa shape index (κ1) is 12.9. The number of aryl methyl sites for hydroxylation is 1. The number of hydrogen-bond donors (Lipinski definition) is 0. The number of ketones is 1. The maximum Gasteiger partial charge on any atom is 0.164 e. The highest BCUT2D eigenvalue weighted by molar-refractivity contribution is 5.98. The van der Waals surface area contributed by atoms with E-state index in [1.54, 1.807) is 0 Å². The van der Waals surface area contributed by atoms with Crippen LogP contribution in [0.4, 0.5) is 0 Å². The second-order valence-corrected chi connectivity index (χ2v) is 6.15. The van der Waals surface area contributed by atoms with Crippen molar-refractivity contribution in [2.45, 2.75) is 52.0 Å². The molecule has 1 atom stereocenters. The third kappa shape index (κ3) is 2.36. The summed E-state index contributed by atoms with van der Waals surface area (Å²) in [7, 11) is 0. The highest BCUT2D eigenvalue weighted by Crippen LogP contribution is 2.28. The van der Waals surface area contributed by atoms with E-state index in [2.05, 4.69) is 29.4 Å². The first-order chi connectivity index (χ1) is 9.16. The predicted molar refractivity (Wildman–Crippen MR) is 76.8 cm³/mol. The number of Topliss-reactive ketones (excluding diaryl/α,β-unsaturated/α-hetero) is 1. The SMILES string of the molecule is Cc1cc2c(n1C(C)CN1CCCC1)CCCC2=O. The van der Waals surface area contributed by atoms with Gasteiger partial charge in [0.1, 0.15) is 0 Å². The average molecular weight is 260 g/mol. The summed E-state index contributed by atoms with van der Waals surface area (Å²) in [4.78, 5) is 14.6. The Kier molecular flexibility index (Phi) is 3.48. The number of rotatable bonds is 3. The molecule has 0 aromatic carbocycles. The van der Waals surface area contributed by atoms with Gasteiger partial charge in [0.2, 0.25) is 0 Å². The molecule has 1 aromatic heterocycles. The van der Waals surface area contributed by atoms with E-state index in [0.29, 0.717) is 11.8 Å². The standard InChI is InChI=1S/C16H24N2O/c1-12-10-14-15(6-5-7-16(14)19)18(12)13(2)11-17-8-3-4-9-17/h10,13H,3-9,11H2,1-2H3. The fourth-order valence-corrected chi connectivity index (χ4v) is 3.79. The monoisotopic (exact) mass is 260 g/mol. The third-order valence-corrected chi connectivity index (χ3v) is 4.61. The number of nitrogens with zero attached hydrogens (tertiary/aromatic N) is 2. The van der Waals surface area contributed by atoms with Crippen LogP contribution in [-0.2, 0) is 6.42 Å². The smallest absolute Gasteiger partial charge is 0.164 e. The zero-order chi connectivity index (χ0) is 13.4. The summed E-state index contributed by atoms with van der Waals surface area (Å²) in [6.45, 7) is 8.05. The molecule has 19 heavy (non-hydrogen) atoms. The van der Waals surface area contributed by atoms with Crippen molar-refractivity contribution in [2.75, 3.05) is 19.6 Å². The van der Waals surface area contributed by atoms with Gasteiger partial charge in [0.05, 0.1) is 0 Å². The molecule has 0 amide bonds. The number of carbonyl (C=O) groups is 1. The maximum absolute atomic E-state index is 12.0. The van der Waals surface area contributed by atoms with Crippen molar-refractivity contribution in [3.05, 3.63) is 23.0 Å². The molecular formula is C16H24N2O. The van der Waals surface area contributed by atoms with Gasteiger partial charge in [0, 0.05) is 36.0 Å². The predicted octanol–water partition coefficient (Wildman–Crippen LogP) is 2.97. The Hall–Kier alpha value is -1.09. The molecule has 0 bridgehead atoms. The molecule has 2 heterocycles. The first-order valence-electron chi connectivity index (χ1n) is 7.63. The Balaban J connectivity index is 1.85. The van der Waals surface area contributed by atoms with E-state index in [1.165, 1.54) is 37.3 Å². The first-order valence-corrected chi connectivity index (χ1v) is 7.63. The Morgan fingerprint density at radius 1 is 1.21 bits per heavy atom. The summed E-state index contributed by atoms with van der Waals surface area (Å²) in [5, 5.41) is 0. The molecule has 3 heteroatoms. The Morgan fingerprint density at radius 3 is 2.68 bits per heavy atom. The van der Waals surface area contributed by atoms with E-state index in [-0.39, 0.29) is 0 Å². The topological polar surface area (TPSA) is 25.2 Å². The van der Waals surface area contributed by atoms with Gasteiger partial charge in [-0.1, -0.05) is 0 Å². The van der Waals surface area contributed by atoms with Gasteiger partial charge < -0.3 is 9.47 Å². The molecule has 1 aromatic rings. The van der Waals surface area contributed by atoms with Crippen molar-refractivity contribution >= 4 is 5.78 Å². The van der Waals surface area contributed by atoms with Crippen molar-refractivity contribution in [1.29, 1.82) is 0 Å². The van der Waals surface area contributed by atoms with E-state index >= 15 is 0 Å². The molecular weight excluding hydrogens is 236 g/mol. The van der Waals surface area contributed by atoms with Crippen LogP contribution in [0.15, 0.2) is 6.07 Å². The van der Waals surface area contributed by atoms with Crippen LogP contribution >= 0.6 is 0 Å². The number of likely N-dealkylation sites (tertiary alicyclic amines) is 1. The Labute approximate surface area is 115 Å². The molecule has 3 nitrogen and oxygen atoms in total. The van der Waals surface area contributed by atoms with Gasteiger partial charge in [-0.05, 0) is 58.7 Å². The lowest BCUT2D eigenvalue weighted by atomic mass is 9.96. The highest BCUT2D eigenvalue weighted by Gasteiger charge is 2.25. The number of carbonyl (C=O) groups excluding carboxylic acids is 1. The summed E-state index contributed by atoms with van der Waals surface area (Å²) < 4.78 is 2.42. The maximum atomic E-state index is 12.0. The molecule has 1 fully saturated rings. The minimum absolute atomic E-state index is 0.344. The van der Waals surface area contributed by atoms with Crippen molar-refractivity contribution in [3.8, 4) is 0 Å². The van der Waals surface area contributed by atoms with Crippen molar-refractivity contribution in [2.24, 2.45) is 0 Å². The summed E-state index contributed by atoms with van der Waals surface area (Å²) >= 11 is 0. The number of aromatic nitrogens is 1. The summed E-state index contributed by atoms with van der Waals surface area (Å²) in [6.07, 6.45) is 5.50. The Bertz CT molecular complexity index is 483. The van der Waals surface area contributed by atoms with Crippen LogP contribution < -0.4 is 0 Å². The molecule has 1 saturated heterocycles. The van der Waals surface area contributed by atoms with Crippen LogP contribution in [0.2, 0.25) is 0 Å². The van der Waals surface area contributed by atoms with E-state index in [4.69, 9.17) is 0 Å². The minimum atomic E-state index is 0.344. The zero-order valence-electron chi connectivity index (χ0n) is 12.1. The van der Waals surface area contributed by atoms with Crippen molar-refractivity contribution in [3.63, 3.8) is 0 Å². The number of hydrogen-bond acceptors (Lipinski definition) is 2. The molecule has 1 unspecified atom stereocenters. The van der Waals surface area contributed by atoms with Gasteiger partial charge in [-0.25, -0.2) is 0 Å². The second-order valence-electron chi connectivity index (χ2n) is 6.15. The van der Waals surface area contributed by atoms with Crippen molar-refractivity contribution in [1.82, 2.24) is 9.47 Å². The molecule has 104 valence electrons. The summed E-state index contributed by atoms with van der Waals surface area (Å²) in [5.41, 5.74) is 3.55. The fraction of sp³-hybridized carbons (Fsp3) is 0.688. The van der Waals surface area contributed by atoms with E-state index < -0.39 is 0 Å². The highest BCUT2D eigenvalue weighted by atomic mass is 16.1. The fourth-order valence-electron chi connectivity index (χ4n) is 3.79. The average Bonchev–Trinajstić information content (AvgIpc) is 2.96. The van der Waals surface area contributed by atoms with Gasteiger partial charge in [-0.2, -0.15) is 0 Å². The molecule has 0 radical (unpaired) electrons. The lowest BCUT2D eigenvalue weighted by Crippen LogP contribution is -2.28. The van der Waals surface area contributed by atoms with Crippen LogP contribution in [0.25, 0.3) is 0 Å². The molecule has 1 aliphatic heterocycles. The normalized spacial score (nSPS) is 21.7. The summed E-state index contributed by atoms with van der Waals surface area (Å²) in [6, 6.07) is 2.59. The summed E-state index contributed by atoms with van der Waals surface area (Å²) in [5.74, 6) is 0.344. The van der Waals surface area contributed by atoms with E-state index in [9.17, 15) is 4.79 Å². The lowest BCUT2D eigenvalue weighted by Gasteiger charge is -2.26. The zero-order valence-corrected chi connectivity index (χ0v) is 12.1. The van der Waals surface area contributed by atoms with Crippen LogP contribution in [0.1, 0.15) is 60.4 Å². The molecule has 1 aliphatic carbocycles. The number of fused-ring (bicyclic) bond motifs is 1. The van der Waals surface area contributed by atoms with E-state index in [1.807, 2.05) is 0 Å². The molecule has 2 aliphatic rings. The largest absolute Gasteiger partial charge is 0.344 e. The van der Waals surface area contributed by atoms with Gasteiger partial charge in [0.15, 0.2) is 5.78 Å². The quantitative estimate of drug-likeness (QED) is 0.835. The lowest BCUT2D eigenvalue weighted by molar-refractivity contribution is 0.0971. The van der Waals surface area contributed by atoms with Crippen LogP contribution in [0.3, 0.4) is 0 Å². The van der Waals surface area contributed by atoms with Gasteiger partial charge >= 0.3 is 0 Å². The molecule has 3 rings (SSSR count). The molecule has 0 N–H and O–H groups in total. The second kappa shape index (κ2) is 5.12. The van der Waals surface area contributed by atoms with Crippen LogP contribution in [0.5, 0.6) is 0 Å².